The number of halogens is 1. The Kier molecular flexibility index (Phi) is 5.07. The van der Waals surface area contributed by atoms with Gasteiger partial charge >= 0.3 is 5.69 Å². The van der Waals surface area contributed by atoms with E-state index in [2.05, 4.69) is 15.1 Å². The van der Waals surface area contributed by atoms with Crippen LogP contribution < -0.4 is 15.2 Å². The van der Waals surface area contributed by atoms with Gasteiger partial charge in [0.05, 0.1) is 55.1 Å². The second kappa shape index (κ2) is 7.98. The molecule has 0 unspecified atom stereocenters. The van der Waals surface area contributed by atoms with Crippen molar-refractivity contribution in [3.63, 3.8) is 0 Å². The van der Waals surface area contributed by atoms with Crippen molar-refractivity contribution >= 4 is 21.9 Å². The highest BCUT2D eigenvalue weighted by Gasteiger charge is 2.23. The lowest BCUT2D eigenvalue weighted by atomic mass is 10.0. The molecule has 0 aliphatic rings. The number of aromatic nitrogens is 6. The Balaban J connectivity index is 1.95. The smallest absolute Gasteiger partial charge is 0.333 e. The Morgan fingerprint density at radius 2 is 1.82 bits per heavy atom. The zero-order chi connectivity index (χ0) is 24.1. The van der Waals surface area contributed by atoms with E-state index in [-0.39, 0.29) is 11.4 Å². The summed E-state index contributed by atoms with van der Waals surface area (Å²) in [4.78, 5) is 21.8. The highest BCUT2D eigenvalue weighted by molar-refractivity contribution is 6.06. The van der Waals surface area contributed by atoms with Crippen LogP contribution in [-0.4, -0.2) is 43.1 Å². The molecule has 10 heteroatoms. The van der Waals surface area contributed by atoms with E-state index in [1.807, 2.05) is 36.9 Å². The summed E-state index contributed by atoms with van der Waals surface area (Å²) in [5, 5.41) is 5.21. The zero-order valence-electron chi connectivity index (χ0n) is 19.5. The topological polar surface area (TPSA) is 89.0 Å². The fourth-order valence-electron chi connectivity index (χ4n) is 4.33. The number of nitrogens with zero attached hydrogens (tertiary/aromatic N) is 6. The molecule has 0 saturated carbocycles. The summed E-state index contributed by atoms with van der Waals surface area (Å²) in [6.45, 7) is 4.67. The molecule has 174 valence electrons. The molecule has 0 spiro atoms. The van der Waals surface area contributed by atoms with Crippen LogP contribution in [0.1, 0.15) is 12.6 Å². The van der Waals surface area contributed by atoms with Gasteiger partial charge in [0.25, 0.3) is 0 Å². The zero-order valence-corrected chi connectivity index (χ0v) is 19.5. The SMILES string of the molecule is CCn1cc(-c2cc3c(cc2OC)ncc2c3n(-c3c(F)cncc3OC)c(=O)n2C)c(C)n1. The van der Waals surface area contributed by atoms with Gasteiger partial charge in [-0.15, -0.1) is 0 Å². The highest BCUT2D eigenvalue weighted by Crippen LogP contribution is 2.38. The molecular formula is C24H23FN6O3. The van der Waals surface area contributed by atoms with E-state index in [4.69, 9.17) is 9.47 Å². The van der Waals surface area contributed by atoms with E-state index in [0.29, 0.717) is 27.7 Å². The van der Waals surface area contributed by atoms with Gasteiger partial charge in [-0.2, -0.15) is 5.10 Å². The maximum atomic E-state index is 15.0. The van der Waals surface area contributed by atoms with Crippen molar-refractivity contribution in [3.8, 4) is 28.3 Å². The molecule has 0 aliphatic carbocycles. The molecule has 0 N–H and O–H groups in total. The molecule has 1 aromatic carbocycles. The van der Waals surface area contributed by atoms with E-state index in [9.17, 15) is 4.79 Å². The van der Waals surface area contributed by atoms with Crippen molar-refractivity contribution in [2.75, 3.05) is 14.2 Å². The molecule has 0 fully saturated rings. The van der Waals surface area contributed by atoms with Gasteiger partial charge in [-0.1, -0.05) is 0 Å². The number of pyridine rings is 2. The van der Waals surface area contributed by atoms with Crippen LogP contribution in [-0.2, 0) is 13.6 Å². The minimum atomic E-state index is -0.673. The predicted octanol–water partition coefficient (Wildman–Crippen LogP) is 3.62. The fraction of sp³-hybridized carbons (Fsp3) is 0.250. The first kappa shape index (κ1) is 21.6. The van der Waals surface area contributed by atoms with E-state index in [1.165, 1.54) is 22.4 Å². The molecule has 4 heterocycles. The minimum absolute atomic E-state index is 0.00653. The second-order valence-corrected chi connectivity index (χ2v) is 7.89. The van der Waals surface area contributed by atoms with Crippen LogP contribution in [0.5, 0.6) is 11.5 Å². The summed E-state index contributed by atoms with van der Waals surface area (Å²) in [7, 11) is 4.63. The molecule has 0 aliphatic heterocycles. The van der Waals surface area contributed by atoms with Gasteiger partial charge in [-0.3, -0.25) is 23.8 Å². The second-order valence-electron chi connectivity index (χ2n) is 7.89. The van der Waals surface area contributed by atoms with Crippen LogP contribution in [0.3, 0.4) is 0 Å². The molecule has 34 heavy (non-hydrogen) atoms. The third kappa shape index (κ3) is 3.06. The van der Waals surface area contributed by atoms with Gasteiger partial charge in [0.15, 0.2) is 11.6 Å². The summed E-state index contributed by atoms with van der Waals surface area (Å²) in [5.74, 6) is 0.0941. The van der Waals surface area contributed by atoms with Gasteiger partial charge < -0.3 is 9.47 Å². The number of hydrogen-bond donors (Lipinski definition) is 0. The number of fused-ring (bicyclic) bond motifs is 3. The maximum Gasteiger partial charge on any atom is 0.333 e. The first-order valence-electron chi connectivity index (χ1n) is 10.7. The molecule has 0 amide bonds. The molecule has 0 bridgehead atoms. The predicted molar refractivity (Wildman–Crippen MR) is 126 cm³/mol. The lowest BCUT2D eigenvalue weighted by molar-refractivity contribution is 0.406. The van der Waals surface area contributed by atoms with E-state index in [1.54, 1.807) is 20.4 Å². The first-order valence-corrected chi connectivity index (χ1v) is 10.7. The summed E-state index contributed by atoms with van der Waals surface area (Å²) in [6, 6.07) is 3.73. The number of aryl methyl sites for hydroxylation is 3. The van der Waals surface area contributed by atoms with E-state index < -0.39 is 11.5 Å². The number of hydrogen-bond acceptors (Lipinski definition) is 6. The normalized spacial score (nSPS) is 11.5. The Bertz CT molecular complexity index is 1630. The number of ether oxygens (including phenoxy) is 2. The third-order valence-corrected chi connectivity index (χ3v) is 6.05. The number of imidazole rings is 1. The van der Waals surface area contributed by atoms with E-state index >= 15 is 4.39 Å². The van der Waals surface area contributed by atoms with Crippen LogP contribution in [0.2, 0.25) is 0 Å². The molecule has 0 saturated heterocycles. The van der Waals surface area contributed by atoms with Crippen LogP contribution in [0.25, 0.3) is 38.8 Å². The van der Waals surface area contributed by atoms with Crippen molar-refractivity contribution in [3.05, 3.63) is 58.9 Å². The Morgan fingerprint density at radius 1 is 1.06 bits per heavy atom. The van der Waals surface area contributed by atoms with Crippen LogP contribution >= 0.6 is 0 Å². The Morgan fingerprint density at radius 3 is 2.50 bits per heavy atom. The summed E-state index contributed by atoms with van der Waals surface area (Å²) in [6.07, 6.45) is 5.99. The first-order chi connectivity index (χ1) is 16.4. The van der Waals surface area contributed by atoms with Crippen LogP contribution in [0.4, 0.5) is 4.39 Å². The third-order valence-electron chi connectivity index (χ3n) is 6.05. The van der Waals surface area contributed by atoms with Crippen molar-refractivity contribution in [2.45, 2.75) is 20.4 Å². The van der Waals surface area contributed by atoms with Crippen molar-refractivity contribution in [2.24, 2.45) is 7.05 Å². The van der Waals surface area contributed by atoms with Gasteiger partial charge in [0.2, 0.25) is 0 Å². The number of methoxy groups -OCH3 is 2. The quantitative estimate of drug-likeness (QED) is 0.396. The minimum Gasteiger partial charge on any atom is -0.496 e. The van der Waals surface area contributed by atoms with Crippen LogP contribution in [0, 0.1) is 12.7 Å². The molecule has 4 aromatic heterocycles. The largest absolute Gasteiger partial charge is 0.496 e. The molecule has 9 nitrogen and oxygen atoms in total. The molecule has 0 radical (unpaired) electrons. The van der Waals surface area contributed by atoms with Gasteiger partial charge in [-0.05, 0) is 19.9 Å². The standard InChI is InChI=1S/C24H23FN6O3/c1-6-30-12-16(13(2)28-30)14-7-15-18(8-20(14)33-4)27-10-19-22(15)31(24(32)29(19)3)23-17(25)9-26-11-21(23)34-5/h7-12H,6H2,1-5H3. The van der Waals surface area contributed by atoms with Crippen molar-refractivity contribution in [1.82, 2.24) is 28.9 Å². The molecule has 5 aromatic rings. The molecular weight excluding hydrogens is 439 g/mol. The lowest BCUT2D eigenvalue weighted by Crippen LogP contribution is -2.22. The average Bonchev–Trinajstić information content (AvgIpc) is 3.34. The lowest BCUT2D eigenvalue weighted by Gasteiger charge is -2.13. The van der Waals surface area contributed by atoms with Crippen molar-refractivity contribution in [1.29, 1.82) is 0 Å². The van der Waals surface area contributed by atoms with Crippen molar-refractivity contribution < 1.29 is 13.9 Å². The van der Waals surface area contributed by atoms with Gasteiger partial charge in [0, 0.05) is 42.4 Å². The van der Waals surface area contributed by atoms with Crippen LogP contribution in [0.15, 0.2) is 41.7 Å². The molecule has 0 atom stereocenters. The monoisotopic (exact) mass is 462 g/mol. The van der Waals surface area contributed by atoms with Gasteiger partial charge in [0.1, 0.15) is 11.4 Å². The summed E-state index contributed by atoms with van der Waals surface area (Å²) < 4.78 is 30.7. The number of benzene rings is 1. The average molecular weight is 462 g/mol. The molecule has 5 rings (SSSR count). The Labute approximate surface area is 194 Å². The Hall–Kier alpha value is -4.21. The highest BCUT2D eigenvalue weighted by atomic mass is 19.1. The number of rotatable bonds is 5. The summed E-state index contributed by atoms with van der Waals surface area (Å²) in [5.41, 5.74) is 3.75. The summed E-state index contributed by atoms with van der Waals surface area (Å²) >= 11 is 0. The fourth-order valence-corrected chi connectivity index (χ4v) is 4.33. The maximum absolute atomic E-state index is 15.0. The van der Waals surface area contributed by atoms with Gasteiger partial charge in [-0.25, -0.2) is 9.18 Å². The van der Waals surface area contributed by atoms with E-state index in [0.717, 1.165) is 29.6 Å².